The molecule has 0 aromatic heterocycles. The van der Waals surface area contributed by atoms with Crippen LogP contribution in [0, 0.1) is 0 Å². The normalized spacial score (nSPS) is 16.3. The third-order valence-corrected chi connectivity index (χ3v) is 4.81. The second-order valence-corrected chi connectivity index (χ2v) is 6.76. The maximum Gasteiger partial charge on any atom is 0.319 e. The van der Waals surface area contributed by atoms with E-state index in [2.05, 4.69) is 17.6 Å². The Bertz CT molecular complexity index is 787. The summed E-state index contributed by atoms with van der Waals surface area (Å²) in [6.45, 7) is 3.13. The number of urea groups is 1. The maximum atomic E-state index is 12.1. The molecule has 6 nitrogen and oxygen atoms in total. The smallest absolute Gasteiger partial charge is 0.319 e. The molecule has 6 heteroatoms. The van der Waals surface area contributed by atoms with Gasteiger partial charge in [-0.3, -0.25) is 4.79 Å². The second kappa shape index (κ2) is 8.58. The molecule has 2 N–H and O–H groups in total. The van der Waals surface area contributed by atoms with Crippen molar-refractivity contribution < 1.29 is 14.3 Å². The Morgan fingerprint density at radius 1 is 1.11 bits per heavy atom. The highest BCUT2D eigenvalue weighted by atomic mass is 16.5. The van der Waals surface area contributed by atoms with Gasteiger partial charge in [-0.1, -0.05) is 24.3 Å². The number of ether oxygens (including phenoxy) is 1. The largest absolute Gasteiger partial charge is 0.497 e. The molecule has 2 aromatic carbocycles. The summed E-state index contributed by atoms with van der Waals surface area (Å²) in [5.74, 6) is 0.996. The molecule has 0 bridgehead atoms. The number of anilines is 1. The first-order valence-electron chi connectivity index (χ1n) is 9.11. The summed E-state index contributed by atoms with van der Waals surface area (Å²) >= 11 is 0. The zero-order valence-corrected chi connectivity index (χ0v) is 15.7. The van der Waals surface area contributed by atoms with Crippen molar-refractivity contribution in [3.8, 4) is 5.75 Å². The zero-order valence-electron chi connectivity index (χ0n) is 15.7. The van der Waals surface area contributed by atoms with Crippen molar-refractivity contribution in [2.24, 2.45) is 0 Å². The van der Waals surface area contributed by atoms with Gasteiger partial charge in [0.15, 0.2) is 0 Å². The van der Waals surface area contributed by atoms with Crippen LogP contribution < -0.4 is 15.4 Å². The Balaban J connectivity index is 1.48. The Morgan fingerprint density at radius 2 is 1.78 bits per heavy atom. The fraction of sp³-hybridized carbons (Fsp3) is 0.333. The number of carbonyl (C=O) groups excluding carboxylic acids is 2. The molecule has 2 aromatic rings. The van der Waals surface area contributed by atoms with Crippen LogP contribution in [0.2, 0.25) is 0 Å². The van der Waals surface area contributed by atoms with E-state index in [1.165, 1.54) is 0 Å². The molecule has 3 amide bonds. The van der Waals surface area contributed by atoms with E-state index >= 15 is 0 Å². The summed E-state index contributed by atoms with van der Waals surface area (Å²) in [4.78, 5) is 25.8. The van der Waals surface area contributed by atoms with Gasteiger partial charge in [0.1, 0.15) is 5.75 Å². The van der Waals surface area contributed by atoms with Crippen LogP contribution in [0.4, 0.5) is 10.5 Å². The van der Waals surface area contributed by atoms with Crippen LogP contribution in [0.5, 0.6) is 5.75 Å². The number of carbonyl (C=O) groups is 2. The first-order chi connectivity index (χ1) is 13.0. The second-order valence-electron chi connectivity index (χ2n) is 6.76. The van der Waals surface area contributed by atoms with Crippen molar-refractivity contribution in [2.45, 2.75) is 38.9 Å². The van der Waals surface area contributed by atoms with Crippen molar-refractivity contribution in [3.63, 3.8) is 0 Å². The van der Waals surface area contributed by atoms with Crippen LogP contribution in [-0.2, 0) is 17.9 Å². The Hall–Kier alpha value is -3.02. The number of hydrogen-bond acceptors (Lipinski definition) is 3. The summed E-state index contributed by atoms with van der Waals surface area (Å²) in [7, 11) is 1.62. The summed E-state index contributed by atoms with van der Waals surface area (Å²) in [5, 5.41) is 5.64. The minimum atomic E-state index is -0.262. The summed E-state index contributed by atoms with van der Waals surface area (Å²) in [6, 6.07) is 15.2. The lowest BCUT2D eigenvalue weighted by Crippen LogP contribution is -2.30. The number of nitrogens with one attached hydrogen (secondary N) is 2. The van der Waals surface area contributed by atoms with E-state index in [4.69, 9.17) is 4.74 Å². The number of likely N-dealkylation sites (tertiary alicyclic amines) is 1. The average molecular weight is 367 g/mol. The van der Waals surface area contributed by atoms with Gasteiger partial charge in [-0.15, -0.1) is 0 Å². The van der Waals surface area contributed by atoms with E-state index in [0.717, 1.165) is 23.3 Å². The lowest BCUT2D eigenvalue weighted by atomic mass is 10.2. The lowest BCUT2D eigenvalue weighted by molar-refractivity contribution is -0.129. The Labute approximate surface area is 159 Å². The molecule has 1 heterocycles. The van der Waals surface area contributed by atoms with Gasteiger partial charge in [0.2, 0.25) is 5.91 Å². The van der Waals surface area contributed by atoms with Gasteiger partial charge in [-0.25, -0.2) is 4.79 Å². The summed E-state index contributed by atoms with van der Waals surface area (Å²) in [5.41, 5.74) is 2.76. The van der Waals surface area contributed by atoms with Crippen molar-refractivity contribution in [3.05, 3.63) is 59.7 Å². The highest BCUT2D eigenvalue weighted by molar-refractivity contribution is 5.89. The van der Waals surface area contributed by atoms with Crippen molar-refractivity contribution in [2.75, 3.05) is 12.4 Å². The quantitative estimate of drug-likeness (QED) is 0.821. The zero-order chi connectivity index (χ0) is 19.2. The van der Waals surface area contributed by atoms with Crippen molar-refractivity contribution in [1.29, 1.82) is 0 Å². The molecule has 1 saturated heterocycles. The third kappa shape index (κ3) is 5.00. The maximum absolute atomic E-state index is 12.1. The number of benzene rings is 2. The molecule has 0 saturated carbocycles. The van der Waals surface area contributed by atoms with Crippen molar-refractivity contribution >= 4 is 17.6 Å². The van der Waals surface area contributed by atoms with Crippen molar-refractivity contribution in [1.82, 2.24) is 10.2 Å². The van der Waals surface area contributed by atoms with Gasteiger partial charge >= 0.3 is 6.03 Å². The van der Waals surface area contributed by atoms with Gasteiger partial charge in [0.25, 0.3) is 0 Å². The number of rotatable bonds is 6. The minimum Gasteiger partial charge on any atom is -0.497 e. The summed E-state index contributed by atoms with van der Waals surface area (Å²) in [6.07, 6.45) is 1.56. The van der Waals surface area contributed by atoms with E-state index in [1.807, 2.05) is 53.4 Å². The predicted octanol–water partition coefficient (Wildman–Crippen LogP) is 3.53. The van der Waals surface area contributed by atoms with Gasteiger partial charge in [-0.05, 0) is 48.7 Å². The molecule has 1 atom stereocenters. The predicted molar refractivity (Wildman–Crippen MR) is 105 cm³/mol. The molecular formula is C21H25N3O3. The van der Waals surface area contributed by atoms with Gasteiger partial charge in [-0.2, -0.15) is 0 Å². The highest BCUT2D eigenvalue weighted by Crippen LogP contribution is 2.21. The van der Waals surface area contributed by atoms with E-state index in [-0.39, 0.29) is 11.9 Å². The van der Waals surface area contributed by atoms with Gasteiger partial charge < -0.3 is 20.3 Å². The van der Waals surface area contributed by atoms with E-state index < -0.39 is 0 Å². The van der Waals surface area contributed by atoms with Crippen LogP contribution in [0.3, 0.4) is 0 Å². The monoisotopic (exact) mass is 367 g/mol. The van der Waals surface area contributed by atoms with Crippen LogP contribution in [0.15, 0.2) is 48.5 Å². The minimum absolute atomic E-state index is 0.211. The molecule has 142 valence electrons. The molecule has 1 unspecified atom stereocenters. The van der Waals surface area contributed by atoms with Crippen LogP contribution >= 0.6 is 0 Å². The van der Waals surface area contributed by atoms with E-state index in [1.54, 1.807) is 7.11 Å². The number of nitrogens with zero attached hydrogens (tertiary/aromatic N) is 1. The lowest BCUT2D eigenvalue weighted by Gasteiger charge is -2.21. The molecule has 0 aliphatic carbocycles. The molecule has 27 heavy (non-hydrogen) atoms. The number of amides is 3. The van der Waals surface area contributed by atoms with Crippen LogP contribution in [0.1, 0.15) is 30.9 Å². The molecular weight excluding hydrogens is 342 g/mol. The molecule has 3 rings (SSSR count). The topological polar surface area (TPSA) is 70.7 Å². The molecule has 1 fully saturated rings. The standard InChI is InChI=1S/C21H25N3O3/c1-15-3-12-20(25)24(15)14-17-4-8-18(9-5-17)23-21(26)22-13-16-6-10-19(27-2)11-7-16/h4-11,15H,3,12-14H2,1-2H3,(H2,22,23,26). The summed E-state index contributed by atoms with van der Waals surface area (Å²) < 4.78 is 5.12. The molecule has 1 aliphatic rings. The molecule has 1 aliphatic heterocycles. The third-order valence-electron chi connectivity index (χ3n) is 4.81. The van der Waals surface area contributed by atoms with Gasteiger partial charge in [0, 0.05) is 31.2 Å². The fourth-order valence-electron chi connectivity index (χ4n) is 3.11. The Morgan fingerprint density at radius 3 is 2.37 bits per heavy atom. The Kier molecular flexibility index (Phi) is 5.96. The SMILES string of the molecule is COc1ccc(CNC(=O)Nc2ccc(CN3C(=O)CCC3C)cc2)cc1. The van der Waals surface area contributed by atoms with Crippen LogP contribution in [0.25, 0.3) is 0 Å². The van der Waals surface area contributed by atoms with Crippen LogP contribution in [-0.4, -0.2) is 30.0 Å². The molecule has 0 radical (unpaired) electrons. The van der Waals surface area contributed by atoms with E-state index in [9.17, 15) is 9.59 Å². The first kappa shape index (κ1) is 18.8. The first-order valence-corrected chi connectivity index (χ1v) is 9.11. The number of hydrogen-bond donors (Lipinski definition) is 2. The van der Waals surface area contributed by atoms with Gasteiger partial charge in [0.05, 0.1) is 7.11 Å². The molecule has 0 spiro atoms. The number of methoxy groups -OCH3 is 1. The highest BCUT2D eigenvalue weighted by Gasteiger charge is 2.27. The van der Waals surface area contributed by atoms with E-state index in [0.29, 0.717) is 31.2 Å². The average Bonchev–Trinajstić information content (AvgIpc) is 3.00. The fourth-order valence-corrected chi connectivity index (χ4v) is 3.11.